The lowest BCUT2D eigenvalue weighted by Gasteiger charge is -2.18. The molecule has 1 atom stereocenters. The van der Waals surface area contributed by atoms with Gasteiger partial charge in [0.1, 0.15) is 6.10 Å². The summed E-state index contributed by atoms with van der Waals surface area (Å²) in [6.07, 6.45) is 44.5. The van der Waals surface area contributed by atoms with Gasteiger partial charge >= 0.3 is 5.97 Å². The van der Waals surface area contributed by atoms with Crippen LogP contribution in [0.25, 0.3) is 0 Å². The van der Waals surface area contributed by atoms with Crippen LogP contribution < -0.4 is 0 Å². The normalized spacial score (nSPS) is 12.4. The molecular weight excluding hydrogens is 488 g/mol. The van der Waals surface area contributed by atoms with Gasteiger partial charge in [-0.1, -0.05) is 168 Å². The van der Waals surface area contributed by atoms with Crippen LogP contribution in [-0.2, 0) is 9.53 Å². The highest BCUT2D eigenvalue weighted by atomic mass is 16.5. The van der Waals surface area contributed by atoms with Crippen LogP contribution in [0.15, 0.2) is 12.2 Å². The largest absolute Gasteiger partial charge is 0.462 e. The van der Waals surface area contributed by atoms with Crippen molar-refractivity contribution in [2.75, 3.05) is 0 Å². The van der Waals surface area contributed by atoms with E-state index >= 15 is 0 Å². The molecule has 2 heteroatoms. The van der Waals surface area contributed by atoms with Gasteiger partial charge in [-0.25, -0.2) is 0 Å². The minimum atomic E-state index is 0.0586. The maximum Gasteiger partial charge on any atom is 0.306 e. The highest BCUT2D eigenvalue weighted by molar-refractivity contribution is 5.69. The van der Waals surface area contributed by atoms with Crippen molar-refractivity contribution in [1.82, 2.24) is 0 Å². The van der Waals surface area contributed by atoms with Crippen LogP contribution in [0.3, 0.4) is 0 Å². The average molecular weight is 563 g/mol. The predicted molar refractivity (Wildman–Crippen MR) is 179 cm³/mol. The quantitative estimate of drug-likeness (QED) is 0.0451. The van der Waals surface area contributed by atoms with Crippen molar-refractivity contribution < 1.29 is 9.53 Å². The summed E-state index contributed by atoms with van der Waals surface area (Å²) in [5.74, 6) is 0.0586. The summed E-state index contributed by atoms with van der Waals surface area (Å²) >= 11 is 0. The van der Waals surface area contributed by atoms with Crippen molar-refractivity contribution in [1.29, 1.82) is 0 Å². The Morgan fingerprint density at radius 2 is 0.775 bits per heavy atom. The number of rotatable bonds is 33. The molecule has 0 N–H and O–H groups in total. The minimum absolute atomic E-state index is 0.0586. The summed E-state index contributed by atoms with van der Waals surface area (Å²) in [7, 11) is 0. The van der Waals surface area contributed by atoms with E-state index in [0.29, 0.717) is 6.42 Å². The summed E-state index contributed by atoms with van der Waals surface area (Å²) in [6.45, 7) is 6.84. The molecule has 0 radical (unpaired) electrons. The molecule has 0 aliphatic rings. The van der Waals surface area contributed by atoms with Crippen molar-refractivity contribution in [3.8, 4) is 0 Å². The van der Waals surface area contributed by atoms with E-state index in [2.05, 4.69) is 32.9 Å². The topological polar surface area (TPSA) is 26.3 Å². The molecule has 0 bridgehead atoms. The number of unbranched alkanes of at least 4 members (excludes halogenated alkanes) is 24. The lowest BCUT2D eigenvalue weighted by molar-refractivity contribution is -0.150. The molecule has 0 saturated heterocycles. The molecular formula is C38H74O2. The van der Waals surface area contributed by atoms with Crippen LogP contribution in [0.4, 0.5) is 0 Å². The molecule has 1 unspecified atom stereocenters. The zero-order chi connectivity index (χ0) is 29.2. The molecule has 238 valence electrons. The van der Waals surface area contributed by atoms with Crippen molar-refractivity contribution >= 4 is 5.97 Å². The summed E-state index contributed by atoms with van der Waals surface area (Å²) in [5.41, 5.74) is 0. The van der Waals surface area contributed by atoms with Crippen LogP contribution in [0.1, 0.15) is 220 Å². The van der Waals surface area contributed by atoms with Gasteiger partial charge in [0.05, 0.1) is 0 Å². The molecule has 0 fully saturated rings. The number of allylic oxidation sites excluding steroid dienone is 2. The summed E-state index contributed by atoms with van der Waals surface area (Å²) < 4.78 is 6.01. The predicted octanol–water partition coefficient (Wildman–Crippen LogP) is 13.6. The Hall–Kier alpha value is -0.790. The number of hydrogen-bond donors (Lipinski definition) is 0. The molecule has 0 saturated carbocycles. The Morgan fingerprint density at radius 1 is 0.450 bits per heavy atom. The standard InChI is InChI=1S/C38H74O2/c1-4-7-10-13-15-17-19-20-21-22-23-25-27-30-33-36-38(39)40-37(34-31-28-12-9-6-3)35-32-29-26-24-18-16-14-11-8-5-2/h20-21,37H,4-19,22-36H2,1-3H3/b21-20-. The van der Waals surface area contributed by atoms with E-state index in [0.717, 1.165) is 25.7 Å². The Kier molecular flexibility index (Phi) is 33.7. The second-order valence-electron chi connectivity index (χ2n) is 12.6. The van der Waals surface area contributed by atoms with Crippen molar-refractivity contribution in [3.63, 3.8) is 0 Å². The molecule has 0 amide bonds. The zero-order valence-corrected chi connectivity index (χ0v) is 28.0. The monoisotopic (exact) mass is 563 g/mol. The molecule has 0 aliphatic carbocycles. The number of ether oxygens (including phenoxy) is 1. The first-order valence-electron chi connectivity index (χ1n) is 18.6. The summed E-state index contributed by atoms with van der Waals surface area (Å²) in [4.78, 5) is 12.6. The minimum Gasteiger partial charge on any atom is -0.462 e. The van der Waals surface area contributed by atoms with Crippen LogP contribution in [0.2, 0.25) is 0 Å². The Labute approximate surface area is 253 Å². The van der Waals surface area contributed by atoms with Crippen LogP contribution in [0, 0.1) is 0 Å². The first-order valence-corrected chi connectivity index (χ1v) is 18.6. The Balaban J connectivity index is 3.87. The third-order valence-corrected chi connectivity index (χ3v) is 8.45. The fourth-order valence-corrected chi connectivity index (χ4v) is 5.68. The van der Waals surface area contributed by atoms with Crippen molar-refractivity contribution in [2.24, 2.45) is 0 Å². The molecule has 0 aromatic carbocycles. The molecule has 0 aromatic rings. The van der Waals surface area contributed by atoms with Gasteiger partial charge in [0, 0.05) is 6.42 Å². The fourth-order valence-electron chi connectivity index (χ4n) is 5.68. The first kappa shape index (κ1) is 39.2. The molecule has 0 rings (SSSR count). The highest BCUT2D eigenvalue weighted by Gasteiger charge is 2.14. The van der Waals surface area contributed by atoms with Gasteiger partial charge in [0.25, 0.3) is 0 Å². The average Bonchev–Trinajstić information content (AvgIpc) is 2.95. The third kappa shape index (κ3) is 31.7. The SMILES string of the molecule is CCCCCCCC/C=C\CCCCCCCC(=O)OC(CCCCCCC)CCCCCCCCCCCC. The van der Waals surface area contributed by atoms with E-state index in [4.69, 9.17) is 4.74 Å². The number of esters is 1. The van der Waals surface area contributed by atoms with Gasteiger partial charge in [0.2, 0.25) is 0 Å². The maximum atomic E-state index is 12.6. The van der Waals surface area contributed by atoms with Crippen LogP contribution in [0.5, 0.6) is 0 Å². The smallest absolute Gasteiger partial charge is 0.306 e. The van der Waals surface area contributed by atoms with E-state index in [9.17, 15) is 4.79 Å². The van der Waals surface area contributed by atoms with Crippen LogP contribution in [-0.4, -0.2) is 12.1 Å². The van der Waals surface area contributed by atoms with Gasteiger partial charge in [0.15, 0.2) is 0 Å². The van der Waals surface area contributed by atoms with E-state index in [1.54, 1.807) is 0 Å². The lowest BCUT2D eigenvalue weighted by Crippen LogP contribution is -2.18. The second-order valence-corrected chi connectivity index (χ2v) is 12.6. The van der Waals surface area contributed by atoms with E-state index in [1.165, 1.54) is 167 Å². The van der Waals surface area contributed by atoms with Crippen molar-refractivity contribution in [3.05, 3.63) is 12.2 Å². The second kappa shape index (κ2) is 34.4. The fraction of sp³-hybridized carbons (Fsp3) is 0.921. The van der Waals surface area contributed by atoms with Gasteiger partial charge in [-0.15, -0.1) is 0 Å². The molecule has 2 nitrogen and oxygen atoms in total. The van der Waals surface area contributed by atoms with Crippen molar-refractivity contribution in [2.45, 2.75) is 226 Å². The summed E-state index contributed by atoms with van der Waals surface area (Å²) in [5, 5.41) is 0. The molecule has 0 aliphatic heterocycles. The van der Waals surface area contributed by atoms with E-state index < -0.39 is 0 Å². The van der Waals surface area contributed by atoms with Gasteiger partial charge in [-0.3, -0.25) is 4.79 Å². The third-order valence-electron chi connectivity index (χ3n) is 8.45. The highest BCUT2D eigenvalue weighted by Crippen LogP contribution is 2.18. The maximum absolute atomic E-state index is 12.6. The van der Waals surface area contributed by atoms with Crippen LogP contribution >= 0.6 is 0 Å². The summed E-state index contributed by atoms with van der Waals surface area (Å²) in [6, 6.07) is 0. The van der Waals surface area contributed by atoms with E-state index in [1.807, 2.05) is 0 Å². The Morgan fingerprint density at radius 3 is 1.18 bits per heavy atom. The molecule has 0 spiro atoms. The van der Waals surface area contributed by atoms with Gasteiger partial charge in [-0.05, 0) is 57.8 Å². The molecule has 40 heavy (non-hydrogen) atoms. The first-order chi connectivity index (χ1) is 19.7. The lowest BCUT2D eigenvalue weighted by atomic mass is 10.0. The number of hydrogen-bond acceptors (Lipinski definition) is 2. The molecule has 0 aromatic heterocycles. The number of carbonyl (C=O) groups excluding carboxylic acids is 1. The van der Waals surface area contributed by atoms with Gasteiger partial charge in [-0.2, -0.15) is 0 Å². The Bertz CT molecular complexity index is 512. The van der Waals surface area contributed by atoms with E-state index in [-0.39, 0.29) is 12.1 Å². The molecule has 0 heterocycles. The van der Waals surface area contributed by atoms with Gasteiger partial charge < -0.3 is 4.74 Å². The number of carbonyl (C=O) groups is 1. The zero-order valence-electron chi connectivity index (χ0n) is 28.0.